The molecule has 0 amide bonds. The maximum absolute atomic E-state index is 5.23. The molecule has 1 aliphatic carbocycles. The van der Waals surface area contributed by atoms with Crippen LogP contribution in [0.3, 0.4) is 0 Å². The minimum absolute atomic E-state index is 0.363. The Morgan fingerprint density at radius 3 is 2.69 bits per heavy atom. The SMILES string of the molecule is COc1ccc2nnc(C3CCN(Cc4nncn4C4CC4)CC3)n2n1. The van der Waals surface area contributed by atoms with E-state index in [1.54, 1.807) is 7.11 Å². The summed E-state index contributed by atoms with van der Waals surface area (Å²) in [6, 6.07) is 4.33. The van der Waals surface area contributed by atoms with Crippen LogP contribution in [0.1, 0.15) is 49.3 Å². The second-order valence-corrected chi connectivity index (χ2v) is 7.14. The smallest absolute Gasteiger partial charge is 0.231 e. The number of rotatable bonds is 5. The molecule has 2 fully saturated rings. The Hall–Kier alpha value is -2.55. The van der Waals surface area contributed by atoms with E-state index in [-0.39, 0.29) is 0 Å². The third kappa shape index (κ3) is 2.82. The molecule has 136 valence electrons. The highest BCUT2D eigenvalue weighted by Gasteiger charge is 2.29. The van der Waals surface area contributed by atoms with Crippen molar-refractivity contribution in [1.82, 2.24) is 39.5 Å². The van der Waals surface area contributed by atoms with Crippen molar-refractivity contribution >= 4 is 5.65 Å². The first-order chi connectivity index (χ1) is 12.8. The molecule has 5 rings (SSSR count). The Morgan fingerprint density at radius 2 is 1.92 bits per heavy atom. The van der Waals surface area contributed by atoms with Gasteiger partial charge in [-0.3, -0.25) is 4.90 Å². The number of fused-ring (bicyclic) bond motifs is 1. The Balaban J connectivity index is 1.27. The van der Waals surface area contributed by atoms with E-state index in [1.807, 2.05) is 23.0 Å². The lowest BCUT2D eigenvalue weighted by Gasteiger charge is -2.30. The van der Waals surface area contributed by atoms with Gasteiger partial charge in [0.25, 0.3) is 0 Å². The van der Waals surface area contributed by atoms with Gasteiger partial charge in [0, 0.05) is 18.0 Å². The lowest BCUT2D eigenvalue weighted by Crippen LogP contribution is -2.34. The van der Waals surface area contributed by atoms with Gasteiger partial charge in [0.2, 0.25) is 5.88 Å². The van der Waals surface area contributed by atoms with E-state index in [0.29, 0.717) is 17.8 Å². The fourth-order valence-corrected chi connectivity index (χ4v) is 3.74. The second-order valence-electron chi connectivity index (χ2n) is 7.14. The van der Waals surface area contributed by atoms with Crippen LogP contribution in [0.4, 0.5) is 0 Å². The van der Waals surface area contributed by atoms with Crippen LogP contribution in [-0.4, -0.2) is 59.7 Å². The zero-order chi connectivity index (χ0) is 17.5. The normalized spacial score (nSPS) is 19.3. The Morgan fingerprint density at radius 1 is 1.08 bits per heavy atom. The number of methoxy groups -OCH3 is 1. The second kappa shape index (κ2) is 6.31. The molecule has 3 aromatic rings. The zero-order valence-electron chi connectivity index (χ0n) is 14.8. The van der Waals surface area contributed by atoms with Gasteiger partial charge in [0.05, 0.1) is 13.7 Å². The summed E-state index contributed by atoms with van der Waals surface area (Å²) in [5.74, 6) is 2.96. The van der Waals surface area contributed by atoms with Gasteiger partial charge in [0.1, 0.15) is 12.2 Å². The number of hydrogen-bond donors (Lipinski definition) is 0. The molecule has 9 heteroatoms. The summed E-state index contributed by atoms with van der Waals surface area (Å²) in [5, 5.41) is 21.5. The number of likely N-dealkylation sites (tertiary alicyclic amines) is 1. The van der Waals surface area contributed by atoms with Crippen LogP contribution in [0.5, 0.6) is 5.88 Å². The van der Waals surface area contributed by atoms with Crippen LogP contribution in [0.2, 0.25) is 0 Å². The van der Waals surface area contributed by atoms with Crippen molar-refractivity contribution in [2.45, 2.75) is 44.2 Å². The molecule has 1 saturated heterocycles. The van der Waals surface area contributed by atoms with Gasteiger partial charge in [-0.1, -0.05) is 0 Å². The van der Waals surface area contributed by atoms with Crippen LogP contribution in [0.25, 0.3) is 5.65 Å². The maximum Gasteiger partial charge on any atom is 0.231 e. The Labute approximate surface area is 151 Å². The molecule has 0 atom stereocenters. The molecule has 4 heterocycles. The Bertz CT molecular complexity index is 907. The number of aromatic nitrogens is 7. The van der Waals surface area contributed by atoms with Crippen LogP contribution in [0.15, 0.2) is 18.5 Å². The highest BCUT2D eigenvalue weighted by atomic mass is 16.5. The number of nitrogens with zero attached hydrogens (tertiary/aromatic N) is 8. The molecule has 3 aromatic heterocycles. The van der Waals surface area contributed by atoms with E-state index < -0.39 is 0 Å². The van der Waals surface area contributed by atoms with E-state index in [1.165, 1.54) is 12.8 Å². The summed E-state index contributed by atoms with van der Waals surface area (Å²) in [6.07, 6.45) is 6.46. The van der Waals surface area contributed by atoms with E-state index in [4.69, 9.17) is 4.74 Å². The third-order valence-corrected chi connectivity index (χ3v) is 5.38. The molecule has 1 aliphatic heterocycles. The molecule has 1 saturated carbocycles. The van der Waals surface area contributed by atoms with Crippen molar-refractivity contribution in [2.24, 2.45) is 0 Å². The first kappa shape index (κ1) is 15.7. The van der Waals surface area contributed by atoms with Crippen molar-refractivity contribution in [3.05, 3.63) is 30.1 Å². The van der Waals surface area contributed by atoms with Gasteiger partial charge in [0.15, 0.2) is 11.5 Å². The van der Waals surface area contributed by atoms with Crippen LogP contribution < -0.4 is 4.74 Å². The predicted molar refractivity (Wildman–Crippen MR) is 92.9 cm³/mol. The molecule has 0 radical (unpaired) electrons. The van der Waals surface area contributed by atoms with Crippen LogP contribution in [-0.2, 0) is 6.54 Å². The molecule has 0 bridgehead atoms. The topological polar surface area (TPSA) is 86.3 Å². The summed E-state index contributed by atoms with van der Waals surface area (Å²) in [6.45, 7) is 2.90. The molecule has 9 nitrogen and oxygen atoms in total. The predicted octanol–water partition coefficient (Wildman–Crippen LogP) is 1.44. The minimum atomic E-state index is 0.363. The standard InChI is InChI=1S/C17H22N8O/c1-26-16-5-4-14-20-21-17(25(14)22-16)12-6-8-23(9-7-12)10-15-19-18-11-24(15)13-2-3-13/h4-5,11-13H,2-3,6-10H2,1H3. The van der Waals surface area contributed by atoms with Crippen molar-refractivity contribution in [3.8, 4) is 5.88 Å². The van der Waals surface area contributed by atoms with Gasteiger partial charge in [-0.2, -0.15) is 4.52 Å². The lowest BCUT2D eigenvalue weighted by molar-refractivity contribution is 0.194. The van der Waals surface area contributed by atoms with Crippen LogP contribution >= 0.6 is 0 Å². The van der Waals surface area contributed by atoms with E-state index >= 15 is 0 Å². The van der Waals surface area contributed by atoms with Crippen molar-refractivity contribution in [2.75, 3.05) is 20.2 Å². The monoisotopic (exact) mass is 354 g/mol. The molecule has 2 aliphatic rings. The number of piperidine rings is 1. The van der Waals surface area contributed by atoms with Gasteiger partial charge in [-0.25, -0.2) is 0 Å². The fraction of sp³-hybridized carbons (Fsp3) is 0.588. The molecular formula is C17H22N8O. The summed E-state index contributed by atoms with van der Waals surface area (Å²) in [4.78, 5) is 2.45. The Kier molecular flexibility index (Phi) is 3.81. The summed E-state index contributed by atoms with van der Waals surface area (Å²) in [5.41, 5.74) is 0.765. The number of hydrogen-bond acceptors (Lipinski definition) is 7. The quantitative estimate of drug-likeness (QED) is 0.685. The molecule has 0 unspecified atom stereocenters. The van der Waals surface area contributed by atoms with Crippen molar-refractivity contribution < 1.29 is 4.74 Å². The summed E-state index contributed by atoms with van der Waals surface area (Å²) in [7, 11) is 1.62. The molecule has 0 spiro atoms. The average molecular weight is 354 g/mol. The fourth-order valence-electron chi connectivity index (χ4n) is 3.74. The molecule has 0 aromatic carbocycles. The average Bonchev–Trinajstić information content (AvgIpc) is 3.27. The zero-order valence-corrected chi connectivity index (χ0v) is 14.8. The van der Waals surface area contributed by atoms with E-state index in [9.17, 15) is 0 Å². The first-order valence-corrected chi connectivity index (χ1v) is 9.19. The van der Waals surface area contributed by atoms with E-state index in [0.717, 1.165) is 49.8 Å². The molecule has 0 N–H and O–H groups in total. The molecule has 26 heavy (non-hydrogen) atoms. The van der Waals surface area contributed by atoms with Gasteiger partial charge in [-0.15, -0.1) is 25.5 Å². The summed E-state index contributed by atoms with van der Waals surface area (Å²) < 4.78 is 9.30. The lowest BCUT2D eigenvalue weighted by atomic mass is 9.96. The highest BCUT2D eigenvalue weighted by molar-refractivity contribution is 5.38. The van der Waals surface area contributed by atoms with Crippen molar-refractivity contribution in [1.29, 1.82) is 0 Å². The number of ether oxygens (including phenoxy) is 1. The summed E-state index contributed by atoms with van der Waals surface area (Å²) >= 11 is 0. The van der Waals surface area contributed by atoms with Gasteiger partial charge >= 0.3 is 0 Å². The third-order valence-electron chi connectivity index (χ3n) is 5.38. The maximum atomic E-state index is 5.23. The van der Waals surface area contributed by atoms with Gasteiger partial charge < -0.3 is 9.30 Å². The largest absolute Gasteiger partial charge is 0.480 e. The minimum Gasteiger partial charge on any atom is -0.480 e. The van der Waals surface area contributed by atoms with E-state index in [2.05, 4.69) is 35.0 Å². The first-order valence-electron chi connectivity index (χ1n) is 9.19. The van der Waals surface area contributed by atoms with Gasteiger partial charge in [-0.05, 0) is 44.8 Å². The highest BCUT2D eigenvalue weighted by Crippen LogP contribution is 2.35. The van der Waals surface area contributed by atoms with Crippen molar-refractivity contribution in [3.63, 3.8) is 0 Å². The molecular weight excluding hydrogens is 332 g/mol. The van der Waals surface area contributed by atoms with Crippen LogP contribution in [0, 0.1) is 0 Å².